The molecule has 0 spiro atoms. The second-order valence-electron chi connectivity index (χ2n) is 4.09. The van der Waals surface area contributed by atoms with Crippen LogP contribution in [0.4, 0.5) is 0 Å². The summed E-state index contributed by atoms with van der Waals surface area (Å²) >= 11 is 9.05. The molecular weight excluding hydrogens is 338 g/mol. The van der Waals surface area contributed by atoms with Gasteiger partial charge in [0.25, 0.3) is 0 Å². The molecule has 0 aliphatic carbocycles. The third-order valence-corrected chi connectivity index (χ3v) is 5.71. The number of thiophene rings is 1. The minimum Gasteiger partial charge on any atom is -0.298 e. The molecule has 2 heterocycles. The first kappa shape index (κ1) is 12.1. The molecule has 0 aromatic carbocycles. The number of nitrogens with zero attached hydrogens (tertiary/aromatic N) is 1. The normalized spacial score (nSPS) is 23.2. The first-order chi connectivity index (χ1) is 7.29. The molecule has 15 heavy (non-hydrogen) atoms. The smallest absolute Gasteiger partial charge is 0.0339 e. The van der Waals surface area contributed by atoms with Crippen LogP contribution >= 0.6 is 43.2 Å². The fourth-order valence-electron chi connectivity index (χ4n) is 2.06. The van der Waals surface area contributed by atoms with Crippen molar-refractivity contribution >= 4 is 43.2 Å². The maximum absolute atomic E-state index is 3.60. The lowest BCUT2D eigenvalue weighted by molar-refractivity contribution is 0.180. The quantitative estimate of drug-likeness (QED) is 0.739. The second-order valence-corrected chi connectivity index (χ2v) is 6.59. The van der Waals surface area contributed by atoms with Crippen LogP contribution in [0.2, 0.25) is 0 Å². The van der Waals surface area contributed by atoms with E-state index in [1.807, 2.05) is 11.3 Å². The number of likely N-dealkylation sites (tertiary alicyclic amines) is 1. The lowest BCUT2D eigenvalue weighted by atomic mass is 10.0. The van der Waals surface area contributed by atoms with Crippen LogP contribution in [0.3, 0.4) is 0 Å². The Morgan fingerprint density at radius 3 is 3.07 bits per heavy atom. The Labute approximate surface area is 112 Å². The summed E-state index contributed by atoms with van der Waals surface area (Å²) in [4.78, 5) is 4.04. The number of rotatable bonds is 3. The molecule has 1 aliphatic heterocycles. The van der Waals surface area contributed by atoms with Gasteiger partial charge in [0, 0.05) is 27.8 Å². The van der Waals surface area contributed by atoms with Gasteiger partial charge in [0.15, 0.2) is 0 Å². The van der Waals surface area contributed by atoms with Crippen molar-refractivity contribution in [2.45, 2.75) is 19.4 Å². The summed E-state index contributed by atoms with van der Waals surface area (Å²) in [5.74, 6) is 0.845. The van der Waals surface area contributed by atoms with Gasteiger partial charge in [0.05, 0.1) is 0 Å². The summed E-state index contributed by atoms with van der Waals surface area (Å²) in [5.41, 5.74) is 0. The highest BCUT2D eigenvalue weighted by Gasteiger charge is 2.19. The molecule has 4 heteroatoms. The predicted octanol–water partition coefficient (Wildman–Crippen LogP) is 4.12. The Balaban J connectivity index is 1.92. The molecule has 0 N–H and O–H groups in total. The number of hydrogen-bond acceptors (Lipinski definition) is 2. The Morgan fingerprint density at radius 2 is 2.40 bits per heavy atom. The van der Waals surface area contributed by atoms with Gasteiger partial charge in [0.2, 0.25) is 0 Å². The number of hydrogen-bond donors (Lipinski definition) is 0. The van der Waals surface area contributed by atoms with Gasteiger partial charge in [-0.2, -0.15) is 0 Å². The highest BCUT2D eigenvalue weighted by molar-refractivity contribution is 9.10. The minimum atomic E-state index is 0.845. The van der Waals surface area contributed by atoms with Crippen molar-refractivity contribution in [2.24, 2.45) is 5.92 Å². The van der Waals surface area contributed by atoms with E-state index in [0.717, 1.165) is 17.8 Å². The topological polar surface area (TPSA) is 3.24 Å². The Hall–Kier alpha value is 0.620. The van der Waals surface area contributed by atoms with Gasteiger partial charge in [-0.25, -0.2) is 0 Å². The van der Waals surface area contributed by atoms with E-state index in [9.17, 15) is 0 Å². The third-order valence-electron chi connectivity index (χ3n) is 2.88. The molecule has 84 valence electrons. The van der Waals surface area contributed by atoms with Crippen LogP contribution < -0.4 is 0 Å². The van der Waals surface area contributed by atoms with Crippen LogP contribution in [0, 0.1) is 5.92 Å². The fraction of sp³-hybridized carbons (Fsp3) is 0.636. The molecule has 0 radical (unpaired) electrons. The van der Waals surface area contributed by atoms with Crippen molar-refractivity contribution in [2.75, 3.05) is 18.4 Å². The highest BCUT2D eigenvalue weighted by Crippen LogP contribution is 2.26. The van der Waals surface area contributed by atoms with E-state index in [-0.39, 0.29) is 0 Å². The molecule has 1 aromatic heterocycles. The van der Waals surface area contributed by atoms with E-state index in [0.29, 0.717) is 0 Å². The van der Waals surface area contributed by atoms with Gasteiger partial charge in [-0.15, -0.1) is 11.3 Å². The molecule has 0 saturated carbocycles. The van der Waals surface area contributed by atoms with Crippen LogP contribution in [0.15, 0.2) is 15.9 Å². The first-order valence-electron chi connectivity index (χ1n) is 5.30. The monoisotopic (exact) mass is 351 g/mol. The van der Waals surface area contributed by atoms with Crippen molar-refractivity contribution in [1.29, 1.82) is 0 Å². The van der Waals surface area contributed by atoms with E-state index in [1.165, 1.54) is 35.3 Å². The summed E-state index contributed by atoms with van der Waals surface area (Å²) in [6, 6.07) is 2.14. The molecular formula is C11H15Br2NS. The summed E-state index contributed by atoms with van der Waals surface area (Å²) in [6.07, 6.45) is 2.73. The lowest BCUT2D eigenvalue weighted by Crippen LogP contribution is -2.35. The van der Waals surface area contributed by atoms with Crippen molar-refractivity contribution in [3.8, 4) is 0 Å². The first-order valence-corrected chi connectivity index (χ1v) is 8.09. The van der Waals surface area contributed by atoms with Gasteiger partial charge in [0.1, 0.15) is 0 Å². The minimum absolute atomic E-state index is 0.845. The average molecular weight is 353 g/mol. The van der Waals surface area contributed by atoms with Gasteiger partial charge >= 0.3 is 0 Å². The van der Waals surface area contributed by atoms with Crippen molar-refractivity contribution in [1.82, 2.24) is 4.90 Å². The van der Waals surface area contributed by atoms with Crippen molar-refractivity contribution in [3.05, 3.63) is 20.8 Å². The van der Waals surface area contributed by atoms with Crippen molar-refractivity contribution in [3.63, 3.8) is 0 Å². The molecule has 1 unspecified atom stereocenters. The van der Waals surface area contributed by atoms with Gasteiger partial charge < -0.3 is 0 Å². The average Bonchev–Trinajstić information content (AvgIpc) is 2.65. The zero-order chi connectivity index (χ0) is 10.7. The van der Waals surface area contributed by atoms with Crippen LogP contribution in [0.1, 0.15) is 17.7 Å². The largest absolute Gasteiger partial charge is 0.298 e. The molecule has 1 fully saturated rings. The highest BCUT2D eigenvalue weighted by atomic mass is 79.9. The standard InChI is InChI=1S/C11H15Br2NS/c12-6-9-2-1-4-14(7-9)8-11-10(13)3-5-15-11/h3,5,9H,1-2,4,6-8H2. The fourth-order valence-corrected chi connectivity index (χ4v) is 4.11. The van der Waals surface area contributed by atoms with Crippen LogP contribution in [-0.2, 0) is 6.54 Å². The summed E-state index contributed by atoms with van der Waals surface area (Å²) in [6.45, 7) is 3.62. The van der Waals surface area contributed by atoms with Gasteiger partial charge in [-0.05, 0) is 52.7 Å². The molecule has 1 aromatic rings. The van der Waals surface area contributed by atoms with E-state index >= 15 is 0 Å². The summed E-state index contributed by atoms with van der Waals surface area (Å²) < 4.78 is 1.27. The lowest BCUT2D eigenvalue weighted by Gasteiger charge is -2.31. The zero-order valence-corrected chi connectivity index (χ0v) is 12.6. The van der Waals surface area contributed by atoms with Crippen molar-refractivity contribution < 1.29 is 0 Å². The molecule has 1 saturated heterocycles. The third kappa shape index (κ3) is 3.29. The van der Waals surface area contributed by atoms with E-state index < -0.39 is 0 Å². The Kier molecular flexibility index (Phi) is 4.68. The Bertz CT molecular complexity index is 313. The van der Waals surface area contributed by atoms with Crippen LogP contribution in [0.25, 0.3) is 0 Å². The predicted molar refractivity (Wildman–Crippen MR) is 73.8 cm³/mol. The molecule has 0 amide bonds. The number of alkyl halides is 1. The molecule has 2 rings (SSSR count). The maximum Gasteiger partial charge on any atom is 0.0339 e. The second kappa shape index (κ2) is 5.80. The zero-order valence-electron chi connectivity index (χ0n) is 8.59. The maximum atomic E-state index is 3.60. The van der Waals surface area contributed by atoms with Crippen LogP contribution in [0.5, 0.6) is 0 Å². The van der Waals surface area contributed by atoms with Gasteiger partial charge in [-0.3, -0.25) is 4.90 Å². The molecule has 0 bridgehead atoms. The van der Waals surface area contributed by atoms with Gasteiger partial charge in [-0.1, -0.05) is 15.9 Å². The van der Waals surface area contributed by atoms with Crippen LogP contribution in [-0.4, -0.2) is 23.3 Å². The summed E-state index contributed by atoms with van der Waals surface area (Å²) in [5, 5.41) is 3.31. The molecule has 1 aliphatic rings. The van der Waals surface area contributed by atoms with E-state index in [1.54, 1.807) is 0 Å². The van der Waals surface area contributed by atoms with E-state index in [4.69, 9.17) is 0 Å². The SMILES string of the molecule is BrCC1CCCN(Cc2sccc2Br)C1. The molecule has 1 nitrogen and oxygen atoms in total. The Morgan fingerprint density at radius 1 is 1.53 bits per heavy atom. The number of piperidine rings is 1. The number of halogens is 2. The van der Waals surface area contributed by atoms with E-state index in [2.05, 4.69) is 48.2 Å². The molecule has 1 atom stereocenters. The summed E-state index contributed by atoms with van der Waals surface area (Å²) in [7, 11) is 0.